The van der Waals surface area contributed by atoms with Gasteiger partial charge in [0.25, 0.3) is 10.2 Å². The number of carbonyl (C=O) groups excluding carboxylic acids is 1. The van der Waals surface area contributed by atoms with Gasteiger partial charge in [-0.2, -0.15) is 8.42 Å². The van der Waals surface area contributed by atoms with Crippen LogP contribution in [0, 0.1) is 5.92 Å². The van der Waals surface area contributed by atoms with Crippen LogP contribution in [0.4, 0.5) is 11.4 Å². The summed E-state index contributed by atoms with van der Waals surface area (Å²) in [5.41, 5.74) is 2.06. The Morgan fingerprint density at radius 1 is 1.45 bits per heavy atom. The predicted molar refractivity (Wildman–Crippen MR) is 78.7 cm³/mol. The van der Waals surface area contributed by atoms with Gasteiger partial charge in [0.1, 0.15) is 0 Å². The van der Waals surface area contributed by atoms with Crippen molar-refractivity contribution < 1.29 is 13.2 Å². The number of nitrogens with one attached hydrogen (secondary N) is 1. The van der Waals surface area contributed by atoms with Gasteiger partial charge in [-0.25, -0.2) is 5.14 Å². The van der Waals surface area contributed by atoms with Gasteiger partial charge >= 0.3 is 0 Å². The molecule has 0 aromatic heterocycles. The van der Waals surface area contributed by atoms with Crippen LogP contribution >= 0.6 is 0 Å². The third kappa shape index (κ3) is 3.29. The highest BCUT2D eigenvalue weighted by Crippen LogP contribution is 2.32. The van der Waals surface area contributed by atoms with E-state index in [0.29, 0.717) is 24.6 Å². The quantitative estimate of drug-likeness (QED) is 0.856. The maximum atomic E-state index is 12.0. The molecule has 0 fully saturated rings. The van der Waals surface area contributed by atoms with Crippen molar-refractivity contribution in [1.82, 2.24) is 0 Å². The molecule has 3 N–H and O–H groups in total. The van der Waals surface area contributed by atoms with Gasteiger partial charge in [0.05, 0.1) is 12.1 Å². The number of benzene rings is 1. The Kier molecular flexibility index (Phi) is 4.01. The van der Waals surface area contributed by atoms with E-state index >= 15 is 0 Å². The Hall–Kier alpha value is -1.60. The van der Waals surface area contributed by atoms with Crippen molar-refractivity contribution in [3.8, 4) is 0 Å². The molecule has 1 heterocycles. The highest BCUT2D eigenvalue weighted by molar-refractivity contribution is 7.90. The maximum Gasteiger partial charge on any atom is 0.296 e. The van der Waals surface area contributed by atoms with Gasteiger partial charge in [-0.3, -0.25) is 9.52 Å². The minimum Gasteiger partial charge on any atom is -0.312 e. The Morgan fingerprint density at radius 2 is 2.15 bits per heavy atom. The second kappa shape index (κ2) is 5.41. The number of carbonyl (C=O) groups is 1. The first-order chi connectivity index (χ1) is 9.30. The smallest absolute Gasteiger partial charge is 0.296 e. The Bertz CT molecular complexity index is 628. The topological polar surface area (TPSA) is 92.5 Å². The van der Waals surface area contributed by atoms with Crippen LogP contribution in [0.15, 0.2) is 18.2 Å². The SMILES string of the molecule is CC[C@H](C)CN1C(=O)Cc2cc(NS(N)(=O)=O)ccc21. The Labute approximate surface area is 119 Å². The zero-order chi connectivity index (χ0) is 14.9. The molecule has 1 amide bonds. The van der Waals surface area contributed by atoms with Gasteiger partial charge in [-0.05, 0) is 29.7 Å². The zero-order valence-electron chi connectivity index (χ0n) is 11.6. The number of amides is 1. The van der Waals surface area contributed by atoms with Gasteiger partial charge in [0, 0.05) is 12.2 Å². The standard InChI is InChI=1S/C13H19N3O3S/c1-3-9(2)8-16-12-5-4-11(15-20(14,18)19)6-10(12)7-13(16)17/h4-6,9,15H,3,7-8H2,1-2H3,(H2,14,18,19)/t9-/m0/s1. The van der Waals surface area contributed by atoms with Crippen molar-refractivity contribution in [2.24, 2.45) is 11.1 Å². The highest BCUT2D eigenvalue weighted by atomic mass is 32.2. The summed E-state index contributed by atoms with van der Waals surface area (Å²) in [6.45, 7) is 4.87. The Balaban J connectivity index is 2.25. The summed E-state index contributed by atoms with van der Waals surface area (Å²) < 4.78 is 24.2. The second-order valence-electron chi connectivity index (χ2n) is 5.19. The molecule has 0 saturated carbocycles. The fourth-order valence-corrected chi connectivity index (χ4v) is 2.71. The third-order valence-corrected chi connectivity index (χ3v) is 3.98. The predicted octanol–water partition coefficient (Wildman–Crippen LogP) is 1.24. The molecular weight excluding hydrogens is 278 g/mol. The number of nitrogens with zero attached hydrogens (tertiary/aromatic N) is 1. The monoisotopic (exact) mass is 297 g/mol. The summed E-state index contributed by atoms with van der Waals surface area (Å²) in [6, 6.07) is 5.04. The van der Waals surface area contributed by atoms with Crippen LogP contribution < -0.4 is 14.8 Å². The average molecular weight is 297 g/mol. The molecule has 0 aliphatic carbocycles. The first kappa shape index (κ1) is 14.8. The molecular formula is C13H19N3O3S. The summed E-state index contributed by atoms with van der Waals surface area (Å²) in [4.78, 5) is 13.8. The van der Waals surface area contributed by atoms with E-state index < -0.39 is 10.2 Å². The summed E-state index contributed by atoms with van der Waals surface area (Å²) >= 11 is 0. The van der Waals surface area contributed by atoms with Crippen LogP contribution in [0.5, 0.6) is 0 Å². The average Bonchev–Trinajstić information content (AvgIpc) is 2.63. The summed E-state index contributed by atoms with van der Waals surface area (Å²) in [5, 5.41) is 4.93. The highest BCUT2D eigenvalue weighted by Gasteiger charge is 2.28. The molecule has 0 spiro atoms. The normalized spacial score (nSPS) is 16.1. The van der Waals surface area contributed by atoms with Crippen molar-refractivity contribution in [3.63, 3.8) is 0 Å². The fraction of sp³-hybridized carbons (Fsp3) is 0.462. The zero-order valence-corrected chi connectivity index (χ0v) is 12.4. The van der Waals surface area contributed by atoms with Crippen LogP contribution in [0.1, 0.15) is 25.8 Å². The van der Waals surface area contributed by atoms with Crippen molar-refractivity contribution in [2.75, 3.05) is 16.2 Å². The van der Waals surface area contributed by atoms with Crippen LogP contribution in [0.25, 0.3) is 0 Å². The van der Waals surface area contributed by atoms with Gasteiger partial charge in [-0.1, -0.05) is 20.3 Å². The van der Waals surface area contributed by atoms with Crippen LogP contribution in [0.2, 0.25) is 0 Å². The molecule has 110 valence electrons. The van der Waals surface area contributed by atoms with E-state index in [2.05, 4.69) is 18.6 Å². The van der Waals surface area contributed by atoms with Gasteiger partial charge < -0.3 is 4.90 Å². The molecule has 1 aliphatic rings. The number of hydrogen-bond donors (Lipinski definition) is 2. The molecule has 6 nitrogen and oxygen atoms in total. The minimum atomic E-state index is -3.79. The molecule has 7 heteroatoms. The molecule has 20 heavy (non-hydrogen) atoms. The van der Waals surface area contributed by atoms with Crippen molar-refractivity contribution >= 4 is 27.5 Å². The molecule has 1 aliphatic heterocycles. The summed E-state index contributed by atoms with van der Waals surface area (Å²) in [5.74, 6) is 0.472. The molecule has 1 atom stereocenters. The van der Waals surface area contributed by atoms with E-state index in [1.807, 2.05) is 0 Å². The van der Waals surface area contributed by atoms with Crippen LogP contribution in [-0.2, 0) is 21.4 Å². The second-order valence-corrected chi connectivity index (χ2v) is 6.48. The number of anilines is 2. The number of fused-ring (bicyclic) bond motifs is 1. The van der Waals surface area contributed by atoms with E-state index in [1.165, 1.54) is 0 Å². The van der Waals surface area contributed by atoms with E-state index in [-0.39, 0.29) is 5.91 Å². The lowest BCUT2D eigenvalue weighted by molar-refractivity contribution is -0.117. The first-order valence-corrected chi connectivity index (χ1v) is 8.08. The van der Waals surface area contributed by atoms with Crippen molar-refractivity contribution in [1.29, 1.82) is 0 Å². The van der Waals surface area contributed by atoms with Gasteiger partial charge in [-0.15, -0.1) is 0 Å². The third-order valence-electron chi connectivity index (χ3n) is 3.46. The van der Waals surface area contributed by atoms with E-state index in [4.69, 9.17) is 5.14 Å². The lowest BCUT2D eigenvalue weighted by Crippen LogP contribution is -2.31. The van der Waals surface area contributed by atoms with Gasteiger partial charge in [0.15, 0.2) is 0 Å². The minimum absolute atomic E-state index is 0.0491. The Morgan fingerprint density at radius 3 is 2.75 bits per heavy atom. The fourth-order valence-electron chi connectivity index (χ4n) is 2.25. The number of hydrogen-bond acceptors (Lipinski definition) is 3. The van der Waals surface area contributed by atoms with Crippen molar-refractivity contribution in [2.45, 2.75) is 26.7 Å². The molecule has 2 rings (SSSR count). The molecule has 1 aromatic rings. The number of rotatable bonds is 5. The maximum absolute atomic E-state index is 12.0. The van der Waals surface area contributed by atoms with E-state index in [9.17, 15) is 13.2 Å². The summed E-state index contributed by atoms with van der Waals surface area (Å²) in [7, 11) is -3.79. The lowest BCUT2D eigenvalue weighted by Gasteiger charge is -2.21. The lowest BCUT2D eigenvalue weighted by atomic mass is 10.1. The molecule has 0 radical (unpaired) electrons. The van der Waals surface area contributed by atoms with Crippen LogP contribution in [-0.4, -0.2) is 20.9 Å². The van der Waals surface area contributed by atoms with Crippen molar-refractivity contribution in [3.05, 3.63) is 23.8 Å². The summed E-state index contributed by atoms with van der Waals surface area (Å²) in [6.07, 6.45) is 1.30. The van der Waals surface area contributed by atoms with E-state index in [0.717, 1.165) is 17.7 Å². The molecule has 0 unspecified atom stereocenters. The first-order valence-electron chi connectivity index (χ1n) is 6.54. The largest absolute Gasteiger partial charge is 0.312 e. The molecule has 0 bridgehead atoms. The van der Waals surface area contributed by atoms with Gasteiger partial charge in [0.2, 0.25) is 5.91 Å². The molecule has 0 saturated heterocycles. The molecule has 1 aromatic carbocycles. The van der Waals surface area contributed by atoms with E-state index in [1.54, 1.807) is 23.1 Å². The van der Waals surface area contributed by atoms with Crippen LogP contribution in [0.3, 0.4) is 0 Å². The number of nitrogens with two attached hydrogens (primary N) is 1.